The van der Waals surface area contributed by atoms with Crippen LogP contribution in [0.15, 0.2) is 57.1 Å². The Balaban J connectivity index is 2.63. The van der Waals surface area contributed by atoms with Crippen molar-refractivity contribution < 1.29 is 4.39 Å². The number of nitrogens with zero attached hydrogens (tertiary/aromatic N) is 1. The zero-order valence-corrected chi connectivity index (χ0v) is 12.8. The molecule has 2 rings (SSSR count). The summed E-state index contributed by atoms with van der Waals surface area (Å²) in [6.07, 6.45) is 0. The Labute approximate surface area is 126 Å². The van der Waals surface area contributed by atoms with Crippen molar-refractivity contribution in [1.82, 2.24) is 0 Å². The van der Waals surface area contributed by atoms with E-state index in [2.05, 4.69) is 37.0 Å². The lowest BCUT2D eigenvalue weighted by Gasteiger charge is -2.10. The fraction of sp³-hybridized carbons (Fsp3) is 0. The topological polar surface area (TPSA) is 29.4 Å². The first-order chi connectivity index (χ1) is 9.13. The maximum absolute atomic E-state index is 13.0. The van der Waals surface area contributed by atoms with E-state index in [4.69, 9.17) is 0 Å². The quantitative estimate of drug-likeness (QED) is 0.621. The highest BCUT2D eigenvalue weighted by Gasteiger charge is 2.13. The van der Waals surface area contributed by atoms with Crippen molar-refractivity contribution in [3.8, 4) is 0 Å². The van der Waals surface area contributed by atoms with E-state index >= 15 is 0 Å². The highest BCUT2D eigenvalue weighted by molar-refractivity contribution is 9.28. The molecule has 0 heterocycles. The Hall–Kier alpha value is -1.33. The fourth-order valence-corrected chi connectivity index (χ4v) is 2.63. The van der Waals surface area contributed by atoms with E-state index in [9.17, 15) is 9.30 Å². The van der Waals surface area contributed by atoms with Crippen molar-refractivity contribution in [2.75, 3.05) is 0 Å². The monoisotopic (exact) mass is 383 g/mol. The second-order valence-corrected chi connectivity index (χ2v) is 6.40. The molecule has 0 bridgehead atoms. The van der Waals surface area contributed by atoms with E-state index in [1.807, 2.05) is 6.07 Å². The van der Waals surface area contributed by atoms with Crippen LogP contribution in [0.5, 0.6) is 0 Å². The maximum Gasteiger partial charge on any atom is 0.123 e. The van der Waals surface area contributed by atoms with Gasteiger partial charge < -0.3 is 0 Å². The van der Waals surface area contributed by atoms with Gasteiger partial charge in [0.2, 0.25) is 0 Å². The molecule has 2 aromatic rings. The number of hydrogen-bond acceptors (Lipinski definition) is 2. The molecule has 2 nitrogen and oxygen atoms in total. The van der Waals surface area contributed by atoms with Crippen LogP contribution in [0.3, 0.4) is 0 Å². The number of benzene rings is 2. The third kappa shape index (κ3) is 3.16. The lowest BCUT2D eigenvalue weighted by Crippen LogP contribution is -1.90. The van der Waals surface area contributed by atoms with E-state index in [-0.39, 0.29) is 5.82 Å². The molecule has 0 unspecified atom stereocenters. The summed E-state index contributed by atoms with van der Waals surface area (Å²) in [5.74, 6) is -0.310. The predicted octanol–water partition coefficient (Wildman–Crippen LogP) is 5.73. The third-order valence-corrected chi connectivity index (χ3v) is 3.39. The molecule has 0 aliphatic heterocycles. The SMILES string of the molecule is O=Nc1ccccc1C(=C(Br)Br)c1ccc(F)cc1. The first kappa shape index (κ1) is 14.1. The van der Waals surface area contributed by atoms with Crippen LogP contribution in [0.25, 0.3) is 5.57 Å². The number of halogens is 3. The lowest BCUT2D eigenvalue weighted by molar-refractivity contribution is 0.627. The molecule has 5 heteroatoms. The van der Waals surface area contributed by atoms with E-state index < -0.39 is 0 Å². The van der Waals surface area contributed by atoms with Gasteiger partial charge >= 0.3 is 0 Å². The van der Waals surface area contributed by atoms with E-state index in [1.165, 1.54) is 12.1 Å². The summed E-state index contributed by atoms with van der Waals surface area (Å²) in [6.45, 7) is 0. The van der Waals surface area contributed by atoms with Gasteiger partial charge in [-0.25, -0.2) is 4.39 Å². The van der Waals surface area contributed by atoms with Gasteiger partial charge in [0.25, 0.3) is 0 Å². The molecule has 0 radical (unpaired) electrons. The Kier molecular flexibility index (Phi) is 4.61. The maximum atomic E-state index is 13.0. The van der Waals surface area contributed by atoms with Crippen LogP contribution in [0.4, 0.5) is 10.1 Å². The zero-order valence-electron chi connectivity index (χ0n) is 9.61. The van der Waals surface area contributed by atoms with E-state index in [1.54, 1.807) is 30.3 Å². The molecular formula is C14H8Br2FNO. The molecule has 0 atom stereocenters. The van der Waals surface area contributed by atoms with E-state index in [0.29, 0.717) is 14.6 Å². The molecule has 2 aromatic carbocycles. The summed E-state index contributed by atoms with van der Waals surface area (Å²) >= 11 is 6.71. The van der Waals surface area contributed by atoms with Crippen LogP contribution in [0, 0.1) is 10.7 Å². The van der Waals surface area contributed by atoms with Crippen molar-refractivity contribution in [3.05, 3.63) is 73.8 Å². The minimum atomic E-state index is -0.310. The number of hydrogen-bond donors (Lipinski definition) is 0. The molecular weight excluding hydrogens is 377 g/mol. The first-order valence-electron chi connectivity index (χ1n) is 5.37. The third-order valence-electron chi connectivity index (χ3n) is 2.59. The molecule has 0 aliphatic rings. The van der Waals surface area contributed by atoms with Gasteiger partial charge in [-0.3, -0.25) is 0 Å². The van der Waals surface area contributed by atoms with Crippen molar-refractivity contribution >= 4 is 43.1 Å². The summed E-state index contributed by atoms with van der Waals surface area (Å²) in [5.41, 5.74) is 2.53. The average Bonchev–Trinajstić information content (AvgIpc) is 2.41. The minimum absolute atomic E-state index is 0.310. The molecule has 96 valence electrons. The molecule has 0 spiro atoms. The van der Waals surface area contributed by atoms with Crippen molar-refractivity contribution in [1.29, 1.82) is 0 Å². The molecule has 0 amide bonds. The van der Waals surface area contributed by atoms with E-state index in [0.717, 1.165) is 11.1 Å². The van der Waals surface area contributed by atoms with Crippen LogP contribution in [0.1, 0.15) is 11.1 Å². The Morgan fingerprint density at radius 3 is 2.21 bits per heavy atom. The van der Waals surface area contributed by atoms with Crippen molar-refractivity contribution in [2.24, 2.45) is 5.18 Å². The first-order valence-corrected chi connectivity index (χ1v) is 6.96. The summed E-state index contributed by atoms with van der Waals surface area (Å²) in [7, 11) is 0. The van der Waals surface area contributed by atoms with Gasteiger partial charge in [-0.1, -0.05) is 30.3 Å². The Morgan fingerprint density at radius 1 is 1.00 bits per heavy atom. The van der Waals surface area contributed by atoms with Gasteiger partial charge in [0.05, 0.1) is 3.39 Å². The summed E-state index contributed by atoms with van der Waals surface area (Å²) in [4.78, 5) is 10.9. The molecule has 0 fully saturated rings. The standard InChI is InChI=1S/C14H8Br2FNO/c15-14(16)13(9-5-7-10(17)8-6-9)11-3-1-2-4-12(11)18-19/h1-8H. The normalized spacial score (nSPS) is 10.1. The van der Waals surface area contributed by atoms with Crippen molar-refractivity contribution in [3.63, 3.8) is 0 Å². The van der Waals surface area contributed by atoms with Crippen LogP contribution in [-0.4, -0.2) is 0 Å². The van der Waals surface area contributed by atoms with Crippen LogP contribution >= 0.6 is 31.9 Å². The largest absolute Gasteiger partial charge is 0.207 e. The van der Waals surface area contributed by atoms with Gasteiger partial charge in [0.1, 0.15) is 11.5 Å². The van der Waals surface area contributed by atoms with Gasteiger partial charge in [-0.2, -0.15) is 0 Å². The highest BCUT2D eigenvalue weighted by atomic mass is 79.9. The molecule has 0 aliphatic carbocycles. The number of rotatable bonds is 3. The van der Waals surface area contributed by atoms with Crippen LogP contribution in [0.2, 0.25) is 0 Å². The smallest absolute Gasteiger partial charge is 0.123 e. The Morgan fingerprint density at radius 2 is 1.63 bits per heavy atom. The summed E-state index contributed by atoms with van der Waals surface area (Å²) in [5, 5.41) is 3.02. The molecule has 0 saturated heterocycles. The van der Waals surface area contributed by atoms with Crippen LogP contribution < -0.4 is 0 Å². The van der Waals surface area contributed by atoms with Gasteiger partial charge in [0.15, 0.2) is 0 Å². The highest BCUT2D eigenvalue weighted by Crippen LogP contribution is 2.37. The van der Waals surface area contributed by atoms with Crippen LogP contribution in [-0.2, 0) is 0 Å². The molecule has 0 aromatic heterocycles. The van der Waals surface area contributed by atoms with Gasteiger partial charge in [-0.05, 0) is 60.8 Å². The minimum Gasteiger partial charge on any atom is -0.207 e. The van der Waals surface area contributed by atoms with Crippen molar-refractivity contribution in [2.45, 2.75) is 0 Å². The second-order valence-electron chi connectivity index (χ2n) is 3.75. The average molecular weight is 385 g/mol. The predicted molar refractivity (Wildman–Crippen MR) is 82.2 cm³/mol. The fourth-order valence-electron chi connectivity index (χ4n) is 1.75. The number of nitroso groups, excluding NO2 is 1. The molecule has 0 N–H and O–H groups in total. The second kappa shape index (κ2) is 6.21. The zero-order chi connectivity index (χ0) is 13.8. The lowest BCUT2D eigenvalue weighted by atomic mass is 9.98. The Bertz CT molecular complexity index is 634. The molecule has 19 heavy (non-hydrogen) atoms. The van der Waals surface area contributed by atoms with Gasteiger partial charge in [-0.15, -0.1) is 4.91 Å². The molecule has 0 saturated carbocycles. The summed E-state index contributed by atoms with van der Waals surface area (Å²) in [6, 6.07) is 13.0. The van der Waals surface area contributed by atoms with Gasteiger partial charge in [0, 0.05) is 11.1 Å². The summed E-state index contributed by atoms with van der Waals surface area (Å²) < 4.78 is 13.7.